The Hall–Kier alpha value is -1.36. The second kappa shape index (κ2) is 5.31. The first-order chi connectivity index (χ1) is 8.30. The molecule has 0 unspecified atom stereocenters. The first kappa shape index (κ1) is 12.1. The Morgan fingerprint density at radius 2 is 2.00 bits per heavy atom. The minimum atomic E-state index is 0.379. The van der Waals surface area contributed by atoms with Gasteiger partial charge in [-0.2, -0.15) is 9.97 Å². The summed E-state index contributed by atoms with van der Waals surface area (Å²) in [4.78, 5) is 8.69. The molecule has 94 valence electrons. The van der Waals surface area contributed by atoms with Crippen LogP contribution in [-0.2, 0) is 6.42 Å². The number of nitrogens with two attached hydrogens (primary N) is 1. The van der Waals surface area contributed by atoms with Crippen LogP contribution in [0.3, 0.4) is 0 Å². The minimum absolute atomic E-state index is 0.379. The highest BCUT2D eigenvalue weighted by Crippen LogP contribution is 2.39. The molecule has 5 heteroatoms. The molecule has 0 aromatic carbocycles. The molecule has 17 heavy (non-hydrogen) atoms. The fourth-order valence-electron chi connectivity index (χ4n) is 2.12. The molecule has 1 aromatic heterocycles. The number of aromatic nitrogens is 2. The van der Waals surface area contributed by atoms with Gasteiger partial charge in [0.25, 0.3) is 0 Å². The summed E-state index contributed by atoms with van der Waals surface area (Å²) in [5.74, 6) is 1.12. The minimum Gasteiger partial charge on any atom is -0.481 e. The average Bonchev–Trinajstić information content (AvgIpc) is 2.28. The molecule has 0 amide bonds. The maximum absolute atomic E-state index is 5.64. The van der Waals surface area contributed by atoms with E-state index in [0.29, 0.717) is 24.4 Å². The van der Waals surface area contributed by atoms with Crippen molar-refractivity contribution in [3.63, 3.8) is 0 Å². The van der Waals surface area contributed by atoms with Crippen molar-refractivity contribution in [1.82, 2.24) is 9.97 Å². The molecular weight excluding hydrogens is 218 g/mol. The van der Waals surface area contributed by atoms with Crippen molar-refractivity contribution >= 4 is 0 Å². The Kier molecular flexibility index (Phi) is 3.78. The lowest BCUT2D eigenvalue weighted by atomic mass is 9.81. The average molecular weight is 237 g/mol. The van der Waals surface area contributed by atoms with E-state index in [4.69, 9.17) is 15.2 Å². The van der Waals surface area contributed by atoms with E-state index in [1.54, 1.807) is 14.2 Å². The summed E-state index contributed by atoms with van der Waals surface area (Å²) >= 11 is 0. The highest BCUT2D eigenvalue weighted by molar-refractivity contribution is 5.35. The molecule has 1 aliphatic carbocycles. The Labute approximate surface area is 101 Å². The van der Waals surface area contributed by atoms with Gasteiger partial charge in [0.2, 0.25) is 5.88 Å². The van der Waals surface area contributed by atoms with E-state index in [0.717, 1.165) is 17.7 Å². The Balaban J connectivity index is 2.42. The van der Waals surface area contributed by atoms with Crippen LogP contribution in [0.4, 0.5) is 0 Å². The Morgan fingerprint density at radius 3 is 2.47 bits per heavy atom. The maximum atomic E-state index is 5.64. The molecule has 1 aromatic rings. The summed E-state index contributed by atoms with van der Waals surface area (Å²) in [6.07, 6.45) is 4.38. The number of rotatable bonds is 5. The summed E-state index contributed by atoms with van der Waals surface area (Å²) < 4.78 is 10.4. The largest absolute Gasteiger partial charge is 0.481 e. The molecule has 0 saturated heterocycles. The maximum Gasteiger partial charge on any atom is 0.319 e. The third-order valence-corrected chi connectivity index (χ3v) is 3.24. The summed E-state index contributed by atoms with van der Waals surface area (Å²) in [5.41, 5.74) is 7.74. The van der Waals surface area contributed by atoms with Crippen LogP contribution in [0.5, 0.6) is 11.9 Å². The summed E-state index contributed by atoms with van der Waals surface area (Å²) in [5, 5.41) is 0. The zero-order chi connectivity index (χ0) is 12.3. The molecule has 0 bridgehead atoms. The number of nitrogens with zero attached hydrogens (tertiary/aromatic N) is 2. The second-order valence-corrected chi connectivity index (χ2v) is 4.25. The van der Waals surface area contributed by atoms with Crippen LogP contribution in [0.2, 0.25) is 0 Å². The van der Waals surface area contributed by atoms with Crippen LogP contribution >= 0.6 is 0 Å². The number of hydrogen-bond donors (Lipinski definition) is 1. The number of ether oxygens (including phenoxy) is 2. The van der Waals surface area contributed by atoms with Gasteiger partial charge in [-0.05, 0) is 25.8 Å². The lowest BCUT2D eigenvalue weighted by Crippen LogP contribution is -2.17. The molecule has 2 rings (SSSR count). The number of hydrogen-bond acceptors (Lipinski definition) is 5. The summed E-state index contributed by atoms with van der Waals surface area (Å²) in [6, 6.07) is 0.379. The standard InChI is InChI=1S/C12H19N3O2/c1-16-11-9(6-7-13)10(8-4-3-5-8)14-12(15-11)17-2/h8H,3-7,13H2,1-2H3. The van der Waals surface area contributed by atoms with Gasteiger partial charge in [-0.3, -0.25) is 0 Å². The van der Waals surface area contributed by atoms with Gasteiger partial charge in [0.15, 0.2) is 0 Å². The molecule has 2 N–H and O–H groups in total. The summed E-state index contributed by atoms with van der Waals surface area (Å²) in [7, 11) is 3.19. The third kappa shape index (κ3) is 2.34. The molecular formula is C12H19N3O2. The lowest BCUT2D eigenvalue weighted by Gasteiger charge is -2.27. The molecule has 5 nitrogen and oxygen atoms in total. The first-order valence-corrected chi connectivity index (χ1v) is 5.99. The van der Waals surface area contributed by atoms with Crippen LogP contribution in [0.15, 0.2) is 0 Å². The quantitative estimate of drug-likeness (QED) is 0.835. The van der Waals surface area contributed by atoms with Gasteiger partial charge in [-0.25, -0.2) is 0 Å². The van der Waals surface area contributed by atoms with Crippen molar-refractivity contribution in [1.29, 1.82) is 0 Å². The SMILES string of the molecule is COc1nc(OC)c(CCN)c(C2CCC2)n1. The molecule has 1 fully saturated rings. The molecule has 1 saturated carbocycles. The fourth-order valence-corrected chi connectivity index (χ4v) is 2.12. The second-order valence-electron chi connectivity index (χ2n) is 4.25. The van der Waals surface area contributed by atoms with Crippen LogP contribution in [0.1, 0.15) is 36.4 Å². The topological polar surface area (TPSA) is 70.3 Å². The zero-order valence-electron chi connectivity index (χ0n) is 10.4. The van der Waals surface area contributed by atoms with Crippen molar-refractivity contribution in [2.45, 2.75) is 31.6 Å². The normalized spacial score (nSPS) is 15.5. The fraction of sp³-hybridized carbons (Fsp3) is 0.667. The van der Waals surface area contributed by atoms with Gasteiger partial charge >= 0.3 is 6.01 Å². The molecule has 0 radical (unpaired) electrons. The lowest BCUT2D eigenvalue weighted by molar-refractivity contribution is 0.335. The number of methoxy groups -OCH3 is 2. The van der Waals surface area contributed by atoms with Crippen molar-refractivity contribution < 1.29 is 9.47 Å². The van der Waals surface area contributed by atoms with Crippen molar-refractivity contribution in [2.24, 2.45) is 5.73 Å². The predicted molar refractivity (Wildman–Crippen MR) is 64.5 cm³/mol. The van der Waals surface area contributed by atoms with E-state index >= 15 is 0 Å². The van der Waals surface area contributed by atoms with Crippen LogP contribution in [-0.4, -0.2) is 30.7 Å². The van der Waals surface area contributed by atoms with Gasteiger partial charge in [-0.1, -0.05) is 6.42 Å². The van der Waals surface area contributed by atoms with Gasteiger partial charge in [0, 0.05) is 11.5 Å². The Bertz CT molecular complexity index is 392. The zero-order valence-corrected chi connectivity index (χ0v) is 10.4. The molecule has 1 heterocycles. The molecule has 0 atom stereocenters. The van der Waals surface area contributed by atoms with E-state index in [9.17, 15) is 0 Å². The molecule has 0 spiro atoms. The predicted octanol–water partition coefficient (Wildman–Crippen LogP) is 1.26. The van der Waals surface area contributed by atoms with E-state index in [1.165, 1.54) is 19.3 Å². The first-order valence-electron chi connectivity index (χ1n) is 5.99. The van der Waals surface area contributed by atoms with Gasteiger partial charge in [0.1, 0.15) is 0 Å². The Morgan fingerprint density at radius 1 is 1.24 bits per heavy atom. The van der Waals surface area contributed by atoms with Crippen LogP contribution < -0.4 is 15.2 Å². The van der Waals surface area contributed by atoms with Crippen molar-refractivity contribution in [2.75, 3.05) is 20.8 Å². The van der Waals surface area contributed by atoms with Crippen molar-refractivity contribution in [3.05, 3.63) is 11.3 Å². The highest BCUT2D eigenvalue weighted by atomic mass is 16.5. The monoisotopic (exact) mass is 237 g/mol. The van der Waals surface area contributed by atoms with E-state index in [-0.39, 0.29) is 0 Å². The van der Waals surface area contributed by atoms with E-state index < -0.39 is 0 Å². The van der Waals surface area contributed by atoms with Gasteiger partial charge in [-0.15, -0.1) is 0 Å². The summed E-state index contributed by atoms with van der Waals surface area (Å²) in [6.45, 7) is 0.575. The molecule has 1 aliphatic rings. The van der Waals surface area contributed by atoms with Gasteiger partial charge < -0.3 is 15.2 Å². The highest BCUT2D eigenvalue weighted by Gasteiger charge is 2.27. The van der Waals surface area contributed by atoms with Gasteiger partial charge in [0.05, 0.1) is 19.9 Å². The smallest absolute Gasteiger partial charge is 0.319 e. The molecule has 0 aliphatic heterocycles. The third-order valence-electron chi connectivity index (χ3n) is 3.24. The van der Waals surface area contributed by atoms with Crippen LogP contribution in [0, 0.1) is 0 Å². The van der Waals surface area contributed by atoms with Crippen molar-refractivity contribution in [3.8, 4) is 11.9 Å². The van der Waals surface area contributed by atoms with E-state index in [2.05, 4.69) is 9.97 Å². The van der Waals surface area contributed by atoms with Crippen LogP contribution in [0.25, 0.3) is 0 Å². The van der Waals surface area contributed by atoms with E-state index in [1.807, 2.05) is 0 Å².